The molecule has 3 rings (SSSR count). The van der Waals surface area contributed by atoms with Crippen LogP contribution in [0.15, 0.2) is 40.6 Å². The van der Waals surface area contributed by atoms with E-state index in [4.69, 9.17) is 16.3 Å². The zero-order valence-electron chi connectivity index (χ0n) is 14.0. The van der Waals surface area contributed by atoms with Crippen molar-refractivity contribution in [2.75, 3.05) is 32.8 Å². The molecule has 2 heterocycles. The van der Waals surface area contributed by atoms with Gasteiger partial charge in [-0.2, -0.15) is 4.31 Å². The Morgan fingerprint density at radius 3 is 2.73 bits per heavy atom. The van der Waals surface area contributed by atoms with Gasteiger partial charge in [-0.15, -0.1) is 11.3 Å². The number of morpholine rings is 1. The van der Waals surface area contributed by atoms with Crippen LogP contribution in [0.5, 0.6) is 0 Å². The standard InChI is InChI=1S/C17H19ClN2O4S2/c18-16-4-3-14(26(22,23)20-7-9-24-10-8-20)12-15(16)17(21)19-6-5-13-2-1-11-25-13/h1-4,11-12H,5-10H2,(H,19,21). The number of benzene rings is 1. The third kappa shape index (κ3) is 4.44. The Morgan fingerprint density at radius 1 is 1.27 bits per heavy atom. The molecule has 6 nitrogen and oxygen atoms in total. The van der Waals surface area contributed by atoms with E-state index in [1.807, 2.05) is 17.5 Å². The monoisotopic (exact) mass is 414 g/mol. The Kier molecular flexibility index (Phi) is 6.31. The van der Waals surface area contributed by atoms with Gasteiger partial charge in [0.25, 0.3) is 5.91 Å². The summed E-state index contributed by atoms with van der Waals surface area (Å²) in [6.45, 7) is 1.78. The highest BCUT2D eigenvalue weighted by Gasteiger charge is 2.27. The van der Waals surface area contributed by atoms with Crippen molar-refractivity contribution in [3.8, 4) is 0 Å². The summed E-state index contributed by atoms with van der Waals surface area (Å²) in [5.74, 6) is -0.384. The molecule has 0 radical (unpaired) electrons. The molecular formula is C17H19ClN2O4S2. The number of hydrogen-bond donors (Lipinski definition) is 1. The van der Waals surface area contributed by atoms with Gasteiger partial charge in [-0.3, -0.25) is 4.79 Å². The van der Waals surface area contributed by atoms with Crippen molar-refractivity contribution in [2.24, 2.45) is 0 Å². The summed E-state index contributed by atoms with van der Waals surface area (Å²) >= 11 is 7.74. The lowest BCUT2D eigenvalue weighted by atomic mass is 10.2. The summed E-state index contributed by atoms with van der Waals surface area (Å²) in [7, 11) is -3.67. The maximum absolute atomic E-state index is 12.7. The van der Waals surface area contributed by atoms with Crippen LogP contribution in [0, 0.1) is 0 Å². The number of rotatable bonds is 6. The number of nitrogens with one attached hydrogen (secondary N) is 1. The van der Waals surface area contributed by atoms with E-state index < -0.39 is 10.0 Å². The average molecular weight is 415 g/mol. The number of hydrogen-bond acceptors (Lipinski definition) is 5. The van der Waals surface area contributed by atoms with Crippen LogP contribution in [0.3, 0.4) is 0 Å². The van der Waals surface area contributed by atoms with E-state index in [1.54, 1.807) is 11.3 Å². The largest absolute Gasteiger partial charge is 0.379 e. The van der Waals surface area contributed by atoms with Gasteiger partial charge in [0.15, 0.2) is 0 Å². The van der Waals surface area contributed by atoms with Gasteiger partial charge in [-0.1, -0.05) is 17.7 Å². The van der Waals surface area contributed by atoms with Crippen molar-refractivity contribution in [1.82, 2.24) is 9.62 Å². The maximum Gasteiger partial charge on any atom is 0.252 e. The minimum atomic E-state index is -3.67. The van der Waals surface area contributed by atoms with Gasteiger partial charge in [0.05, 0.1) is 28.7 Å². The number of ether oxygens (including phenoxy) is 1. The second-order valence-corrected chi connectivity index (χ2v) is 9.12. The van der Waals surface area contributed by atoms with Crippen molar-refractivity contribution < 1.29 is 17.9 Å². The third-order valence-electron chi connectivity index (χ3n) is 4.03. The fourth-order valence-electron chi connectivity index (χ4n) is 2.62. The number of carbonyl (C=O) groups excluding carboxylic acids is 1. The topological polar surface area (TPSA) is 75.7 Å². The highest BCUT2D eigenvalue weighted by Crippen LogP contribution is 2.23. The van der Waals surface area contributed by atoms with Gasteiger partial charge < -0.3 is 10.1 Å². The molecule has 1 amide bonds. The molecule has 1 fully saturated rings. The number of carbonyl (C=O) groups is 1. The highest BCUT2D eigenvalue weighted by molar-refractivity contribution is 7.89. The van der Waals surface area contributed by atoms with Gasteiger partial charge >= 0.3 is 0 Å². The average Bonchev–Trinajstić information content (AvgIpc) is 3.16. The van der Waals surface area contributed by atoms with Crippen molar-refractivity contribution in [3.05, 3.63) is 51.2 Å². The molecule has 1 aromatic heterocycles. The zero-order chi connectivity index (χ0) is 18.6. The summed E-state index contributed by atoms with van der Waals surface area (Å²) < 4.78 is 32.0. The van der Waals surface area contributed by atoms with Gasteiger partial charge in [-0.25, -0.2) is 8.42 Å². The van der Waals surface area contributed by atoms with E-state index in [0.29, 0.717) is 39.3 Å². The normalized spacial score (nSPS) is 15.7. The molecule has 26 heavy (non-hydrogen) atoms. The first-order valence-corrected chi connectivity index (χ1v) is 10.9. The number of thiophene rings is 1. The molecule has 1 aliphatic rings. The molecule has 1 aromatic carbocycles. The Balaban J connectivity index is 1.73. The number of amides is 1. The molecule has 1 N–H and O–H groups in total. The molecule has 0 spiro atoms. The molecular weight excluding hydrogens is 396 g/mol. The van der Waals surface area contributed by atoms with Crippen molar-refractivity contribution in [3.63, 3.8) is 0 Å². The van der Waals surface area contributed by atoms with Crippen LogP contribution >= 0.6 is 22.9 Å². The van der Waals surface area contributed by atoms with Crippen molar-refractivity contribution in [1.29, 1.82) is 0 Å². The highest BCUT2D eigenvalue weighted by atomic mass is 35.5. The quantitative estimate of drug-likeness (QED) is 0.787. The molecule has 9 heteroatoms. The fraction of sp³-hybridized carbons (Fsp3) is 0.353. The molecule has 0 saturated carbocycles. The van der Waals surface area contributed by atoms with E-state index in [1.165, 1.54) is 27.4 Å². The summed E-state index contributed by atoms with van der Waals surface area (Å²) in [4.78, 5) is 13.7. The SMILES string of the molecule is O=C(NCCc1cccs1)c1cc(S(=O)(=O)N2CCOCC2)ccc1Cl. The molecule has 0 bridgehead atoms. The maximum atomic E-state index is 12.7. The summed E-state index contributed by atoms with van der Waals surface area (Å²) in [6.07, 6.45) is 0.715. The zero-order valence-corrected chi connectivity index (χ0v) is 16.4. The Labute approximate surface area is 161 Å². The van der Waals surface area contributed by atoms with Crippen LogP contribution in [0.25, 0.3) is 0 Å². The lowest BCUT2D eigenvalue weighted by molar-refractivity contribution is 0.0730. The summed E-state index contributed by atoms with van der Waals surface area (Å²) in [6, 6.07) is 8.17. The molecule has 1 aliphatic heterocycles. The summed E-state index contributed by atoms with van der Waals surface area (Å²) in [5, 5.41) is 4.99. The molecule has 2 aromatic rings. The van der Waals surface area contributed by atoms with E-state index in [-0.39, 0.29) is 21.4 Å². The van der Waals surface area contributed by atoms with Crippen molar-refractivity contribution in [2.45, 2.75) is 11.3 Å². The lowest BCUT2D eigenvalue weighted by Gasteiger charge is -2.26. The van der Waals surface area contributed by atoms with Crippen LogP contribution in [-0.2, 0) is 21.2 Å². The fourth-order valence-corrected chi connectivity index (χ4v) is 4.97. The van der Waals surface area contributed by atoms with E-state index in [2.05, 4.69) is 5.32 Å². The van der Waals surface area contributed by atoms with E-state index >= 15 is 0 Å². The molecule has 0 aliphatic carbocycles. The van der Waals surface area contributed by atoms with Gasteiger partial charge in [0.2, 0.25) is 10.0 Å². The van der Waals surface area contributed by atoms with Crippen LogP contribution in [0.1, 0.15) is 15.2 Å². The van der Waals surface area contributed by atoms with Crippen LogP contribution < -0.4 is 5.32 Å². The Hall–Kier alpha value is -1.45. The van der Waals surface area contributed by atoms with Gasteiger partial charge in [-0.05, 0) is 36.1 Å². The molecule has 1 saturated heterocycles. The first kappa shape index (κ1) is 19.3. The predicted octanol–water partition coefficient (Wildman–Crippen LogP) is 2.39. The number of nitrogens with zero attached hydrogens (tertiary/aromatic N) is 1. The van der Waals surface area contributed by atoms with Crippen LogP contribution in [0.4, 0.5) is 0 Å². The van der Waals surface area contributed by atoms with Crippen molar-refractivity contribution >= 4 is 38.9 Å². The van der Waals surface area contributed by atoms with Crippen LogP contribution in [0.2, 0.25) is 5.02 Å². The summed E-state index contributed by atoms with van der Waals surface area (Å²) in [5.41, 5.74) is 0.159. The predicted molar refractivity (Wildman–Crippen MR) is 101 cm³/mol. The Morgan fingerprint density at radius 2 is 2.04 bits per heavy atom. The molecule has 140 valence electrons. The first-order valence-electron chi connectivity index (χ1n) is 8.16. The van der Waals surface area contributed by atoms with E-state index in [0.717, 1.165) is 0 Å². The second kappa shape index (κ2) is 8.49. The molecule has 0 unspecified atom stereocenters. The lowest BCUT2D eigenvalue weighted by Crippen LogP contribution is -2.40. The minimum absolute atomic E-state index is 0.0622. The van der Waals surface area contributed by atoms with E-state index in [9.17, 15) is 13.2 Å². The number of halogens is 1. The smallest absolute Gasteiger partial charge is 0.252 e. The van der Waals surface area contributed by atoms with Crippen LogP contribution in [-0.4, -0.2) is 51.5 Å². The Bertz CT molecular complexity index is 863. The van der Waals surface area contributed by atoms with Gasteiger partial charge in [0.1, 0.15) is 0 Å². The number of sulfonamides is 1. The molecule has 0 atom stereocenters. The second-order valence-electron chi connectivity index (χ2n) is 5.74. The first-order chi connectivity index (χ1) is 12.5. The van der Waals surface area contributed by atoms with Gasteiger partial charge in [0, 0.05) is 24.5 Å². The third-order valence-corrected chi connectivity index (χ3v) is 7.19. The minimum Gasteiger partial charge on any atom is -0.379 e.